The average Bonchev–Trinajstić information content (AvgIpc) is 2.40. The van der Waals surface area contributed by atoms with E-state index in [1.165, 1.54) is 14.7 Å². The molecule has 2 aromatic carbocycles. The Labute approximate surface area is 123 Å². The van der Waals surface area contributed by atoms with Gasteiger partial charge in [0.05, 0.1) is 0 Å². The minimum absolute atomic E-state index is 0.394. The SMILES string of the molecule is CCNC(Cc1ccccc1)c1ccccc1I. The van der Waals surface area contributed by atoms with Crippen LogP contribution in [-0.2, 0) is 6.42 Å². The molecule has 18 heavy (non-hydrogen) atoms. The third-order valence-electron chi connectivity index (χ3n) is 3.01. The number of hydrogen-bond donors (Lipinski definition) is 1. The Hall–Kier alpha value is -0.870. The zero-order valence-electron chi connectivity index (χ0n) is 10.6. The first-order chi connectivity index (χ1) is 8.81. The number of benzene rings is 2. The number of halogens is 1. The van der Waals surface area contributed by atoms with E-state index in [2.05, 4.69) is 89.4 Å². The Morgan fingerprint density at radius 1 is 1.00 bits per heavy atom. The Morgan fingerprint density at radius 2 is 1.67 bits per heavy atom. The molecule has 0 aliphatic rings. The van der Waals surface area contributed by atoms with Crippen LogP contribution in [0.2, 0.25) is 0 Å². The van der Waals surface area contributed by atoms with Crippen LogP contribution in [-0.4, -0.2) is 6.54 Å². The van der Waals surface area contributed by atoms with Crippen LogP contribution in [0.4, 0.5) is 0 Å². The highest BCUT2D eigenvalue weighted by molar-refractivity contribution is 14.1. The smallest absolute Gasteiger partial charge is 0.0371 e. The van der Waals surface area contributed by atoms with Crippen molar-refractivity contribution >= 4 is 22.6 Å². The lowest BCUT2D eigenvalue weighted by Crippen LogP contribution is -2.23. The van der Waals surface area contributed by atoms with Gasteiger partial charge in [0.2, 0.25) is 0 Å². The van der Waals surface area contributed by atoms with E-state index in [1.54, 1.807) is 0 Å². The molecule has 0 aliphatic carbocycles. The first-order valence-electron chi connectivity index (χ1n) is 6.33. The van der Waals surface area contributed by atoms with Crippen LogP contribution in [0, 0.1) is 3.57 Å². The van der Waals surface area contributed by atoms with E-state index >= 15 is 0 Å². The normalized spacial score (nSPS) is 12.3. The van der Waals surface area contributed by atoms with Crippen LogP contribution in [0.25, 0.3) is 0 Å². The first kappa shape index (κ1) is 13.6. The van der Waals surface area contributed by atoms with Crippen molar-refractivity contribution in [3.8, 4) is 0 Å². The minimum Gasteiger partial charge on any atom is -0.310 e. The Bertz CT molecular complexity index is 481. The minimum atomic E-state index is 0.394. The highest BCUT2D eigenvalue weighted by Crippen LogP contribution is 2.23. The molecule has 2 rings (SSSR count). The fraction of sp³-hybridized carbons (Fsp3) is 0.250. The van der Waals surface area contributed by atoms with Gasteiger partial charge in [-0.2, -0.15) is 0 Å². The maximum atomic E-state index is 3.58. The molecule has 1 nitrogen and oxygen atoms in total. The molecule has 0 aliphatic heterocycles. The maximum absolute atomic E-state index is 3.58. The van der Waals surface area contributed by atoms with Crippen LogP contribution < -0.4 is 5.32 Å². The lowest BCUT2D eigenvalue weighted by atomic mass is 9.99. The van der Waals surface area contributed by atoms with E-state index in [0.717, 1.165) is 13.0 Å². The van der Waals surface area contributed by atoms with Gasteiger partial charge in [-0.15, -0.1) is 0 Å². The summed E-state index contributed by atoms with van der Waals surface area (Å²) in [6.07, 6.45) is 1.04. The predicted octanol–water partition coefficient (Wildman–Crippen LogP) is 4.18. The highest BCUT2D eigenvalue weighted by Gasteiger charge is 2.13. The number of rotatable bonds is 5. The third-order valence-corrected chi connectivity index (χ3v) is 4.00. The molecule has 0 radical (unpaired) electrons. The first-order valence-corrected chi connectivity index (χ1v) is 7.41. The molecule has 0 fully saturated rings. The molecule has 0 saturated heterocycles. The molecule has 2 aromatic rings. The Balaban J connectivity index is 2.21. The molecule has 2 heteroatoms. The molecular formula is C16H18IN. The molecule has 1 atom stereocenters. The standard InChI is InChI=1S/C16H18IN/c1-2-18-16(12-13-8-4-3-5-9-13)14-10-6-7-11-15(14)17/h3-11,16,18H,2,12H2,1H3. The summed E-state index contributed by atoms with van der Waals surface area (Å²) in [5, 5.41) is 3.58. The van der Waals surface area contributed by atoms with Gasteiger partial charge in [0.25, 0.3) is 0 Å². The summed E-state index contributed by atoms with van der Waals surface area (Å²) in [5.74, 6) is 0. The largest absolute Gasteiger partial charge is 0.310 e. The van der Waals surface area contributed by atoms with Crippen molar-refractivity contribution in [2.24, 2.45) is 0 Å². The molecule has 0 saturated carbocycles. The van der Waals surface area contributed by atoms with Crippen LogP contribution in [0.15, 0.2) is 54.6 Å². The fourth-order valence-corrected chi connectivity index (χ4v) is 2.91. The lowest BCUT2D eigenvalue weighted by molar-refractivity contribution is 0.548. The van der Waals surface area contributed by atoms with Crippen LogP contribution in [0.1, 0.15) is 24.1 Å². The summed E-state index contributed by atoms with van der Waals surface area (Å²) in [6, 6.07) is 19.7. The molecule has 0 spiro atoms. The summed E-state index contributed by atoms with van der Waals surface area (Å²) >= 11 is 2.42. The van der Waals surface area contributed by atoms with Crippen molar-refractivity contribution in [1.82, 2.24) is 5.32 Å². The topological polar surface area (TPSA) is 12.0 Å². The summed E-state index contributed by atoms with van der Waals surface area (Å²) in [5.41, 5.74) is 2.77. The van der Waals surface area contributed by atoms with E-state index in [0.29, 0.717) is 6.04 Å². The number of nitrogens with one attached hydrogen (secondary N) is 1. The van der Waals surface area contributed by atoms with Gasteiger partial charge in [-0.25, -0.2) is 0 Å². The van der Waals surface area contributed by atoms with Gasteiger partial charge in [0, 0.05) is 9.61 Å². The summed E-state index contributed by atoms with van der Waals surface area (Å²) < 4.78 is 1.33. The van der Waals surface area contributed by atoms with Gasteiger partial charge in [0.15, 0.2) is 0 Å². The molecule has 0 amide bonds. The van der Waals surface area contributed by atoms with Gasteiger partial charge >= 0.3 is 0 Å². The van der Waals surface area contributed by atoms with E-state index in [4.69, 9.17) is 0 Å². The third kappa shape index (κ3) is 3.56. The van der Waals surface area contributed by atoms with E-state index in [9.17, 15) is 0 Å². The van der Waals surface area contributed by atoms with Crippen LogP contribution in [0.5, 0.6) is 0 Å². The van der Waals surface area contributed by atoms with Crippen molar-refractivity contribution in [1.29, 1.82) is 0 Å². The van der Waals surface area contributed by atoms with Gasteiger partial charge in [0.1, 0.15) is 0 Å². The average molecular weight is 351 g/mol. The van der Waals surface area contributed by atoms with Crippen molar-refractivity contribution in [2.45, 2.75) is 19.4 Å². The Kier molecular flexibility index (Phi) is 5.20. The summed E-state index contributed by atoms with van der Waals surface area (Å²) in [7, 11) is 0. The molecule has 0 heterocycles. The second kappa shape index (κ2) is 6.90. The molecular weight excluding hydrogens is 333 g/mol. The Morgan fingerprint density at radius 3 is 2.33 bits per heavy atom. The van der Waals surface area contributed by atoms with Crippen molar-refractivity contribution in [3.63, 3.8) is 0 Å². The molecule has 0 bridgehead atoms. The van der Waals surface area contributed by atoms with E-state index in [1.807, 2.05) is 0 Å². The summed E-state index contributed by atoms with van der Waals surface area (Å²) in [6.45, 7) is 3.15. The number of hydrogen-bond acceptors (Lipinski definition) is 1. The molecule has 1 N–H and O–H groups in total. The maximum Gasteiger partial charge on any atom is 0.0371 e. The van der Waals surface area contributed by atoms with Gasteiger partial charge in [-0.3, -0.25) is 0 Å². The number of likely N-dealkylation sites (N-methyl/N-ethyl adjacent to an activating group) is 1. The monoisotopic (exact) mass is 351 g/mol. The van der Waals surface area contributed by atoms with Crippen molar-refractivity contribution in [3.05, 3.63) is 69.3 Å². The predicted molar refractivity (Wildman–Crippen MR) is 85.7 cm³/mol. The zero-order chi connectivity index (χ0) is 12.8. The quantitative estimate of drug-likeness (QED) is 0.797. The van der Waals surface area contributed by atoms with Gasteiger partial charge in [-0.1, -0.05) is 55.5 Å². The van der Waals surface area contributed by atoms with E-state index in [-0.39, 0.29) is 0 Å². The van der Waals surface area contributed by atoms with Gasteiger partial charge in [-0.05, 0) is 52.7 Å². The second-order valence-corrected chi connectivity index (χ2v) is 5.48. The summed E-state index contributed by atoms with van der Waals surface area (Å²) in [4.78, 5) is 0. The fourth-order valence-electron chi connectivity index (χ4n) is 2.15. The molecule has 0 aromatic heterocycles. The van der Waals surface area contributed by atoms with Crippen LogP contribution in [0.3, 0.4) is 0 Å². The van der Waals surface area contributed by atoms with Crippen molar-refractivity contribution < 1.29 is 0 Å². The molecule has 1 unspecified atom stereocenters. The molecule has 94 valence electrons. The highest BCUT2D eigenvalue weighted by atomic mass is 127. The van der Waals surface area contributed by atoms with Crippen LogP contribution >= 0.6 is 22.6 Å². The van der Waals surface area contributed by atoms with Gasteiger partial charge < -0.3 is 5.32 Å². The zero-order valence-corrected chi connectivity index (χ0v) is 12.7. The van der Waals surface area contributed by atoms with E-state index < -0.39 is 0 Å². The second-order valence-electron chi connectivity index (χ2n) is 4.32. The van der Waals surface area contributed by atoms with Crippen molar-refractivity contribution in [2.75, 3.05) is 6.54 Å². The lowest BCUT2D eigenvalue weighted by Gasteiger charge is -2.20.